The third-order valence-electron chi connectivity index (χ3n) is 5.03. The molecule has 27 heavy (non-hydrogen) atoms. The van der Waals surface area contributed by atoms with Gasteiger partial charge in [0.05, 0.1) is 25.7 Å². The molecule has 0 heterocycles. The number of hydrogen-bond donors (Lipinski definition) is 2. The first kappa shape index (κ1) is 19.6. The number of benzene rings is 2. The van der Waals surface area contributed by atoms with Gasteiger partial charge in [0.1, 0.15) is 11.5 Å². The van der Waals surface area contributed by atoms with Crippen molar-refractivity contribution < 1.29 is 28.5 Å². The molecule has 2 N–H and O–H groups in total. The minimum Gasteiger partial charge on any atom is -0.497 e. The molecule has 146 valence electrons. The number of ether oxygens (including phenoxy) is 2. The first-order valence-electron chi connectivity index (χ1n) is 8.98. The average molecular weight is 378 g/mol. The lowest BCUT2D eigenvalue weighted by atomic mass is 9.82. The Morgan fingerprint density at radius 3 is 2.44 bits per heavy atom. The van der Waals surface area contributed by atoms with Gasteiger partial charge in [-0.3, -0.25) is 0 Å². The van der Waals surface area contributed by atoms with E-state index in [0.29, 0.717) is 12.2 Å². The van der Waals surface area contributed by atoms with Crippen molar-refractivity contribution in [3.05, 3.63) is 59.7 Å². The molecule has 1 saturated carbocycles. The Labute approximate surface area is 157 Å². The van der Waals surface area contributed by atoms with Crippen molar-refractivity contribution >= 4 is 0 Å². The molecule has 0 aromatic heterocycles. The largest absolute Gasteiger partial charge is 0.497 e. The van der Waals surface area contributed by atoms with Crippen LogP contribution in [0, 0.1) is 5.92 Å². The zero-order valence-electron chi connectivity index (χ0n) is 15.1. The minimum absolute atomic E-state index is 0.128. The lowest BCUT2D eigenvalue weighted by Crippen LogP contribution is -2.52. The Morgan fingerprint density at radius 2 is 1.78 bits per heavy atom. The number of aliphatic hydroxyl groups is 2. The van der Waals surface area contributed by atoms with Crippen LogP contribution in [0.2, 0.25) is 0 Å². The Balaban J connectivity index is 1.80. The highest BCUT2D eigenvalue weighted by atomic mass is 19.3. The Morgan fingerprint density at radius 1 is 1.07 bits per heavy atom. The van der Waals surface area contributed by atoms with Crippen molar-refractivity contribution in [2.75, 3.05) is 13.7 Å². The predicted octanol–water partition coefficient (Wildman–Crippen LogP) is 3.43. The fraction of sp³-hybridized carbons (Fsp3) is 0.429. The molecule has 3 rings (SSSR count). The van der Waals surface area contributed by atoms with Gasteiger partial charge >= 0.3 is 0 Å². The summed E-state index contributed by atoms with van der Waals surface area (Å²) in [6.07, 6.45) is -2.17. The number of alkyl halides is 2. The van der Waals surface area contributed by atoms with Crippen LogP contribution < -0.4 is 9.47 Å². The lowest BCUT2D eigenvalue weighted by Gasteiger charge is -2.39. The summed E-state index contributed by atoms with van der Waals surface area (Å²) in [5.41, 5.74) is 1.77. The van der Waals surface area contributed by atoms with Crippen LogP contribution in [0.4, 0.5) is 8.78 Å². The summed E-state index contributed by atoms with van der Waals surface area (Å²) in [6.45, 7) is -0.683. The van der Waals surface area contributed by atoms with Crippen LogP contribution in [0.25, 0.3) is 0 Å². The third kappa shape index (κ3) is 4.39. The number of halogens is 2. The molecule has 1 fully saturated rings. The highest BCUT2D eigenvalue weighted by molar-refractivity contribution is 5.39. The number of methoxy groups -OCH3 is 1. The van der Waals surface area contributed by atoms with Crippen LogP contribution in [0.1, 0.15) is 24.0 Å². The van der Waals surface area contributed by atoms with E-state index in [4.69, 9.17) is 9.47 Å². The molecule has 1 aliphatic rings. The quantitative estimate of drug-likeness (QED) is 0.809. The molecule has 0 bridgehead atoms. The van der Waals surface area contributed by atoms with E-state index in [0.717, 1.165) is 16.9 Å². The van der Waals surface area contributed by atoms with E-state index in [-0.39, 0.29) is 12.8 Å². The van der Waals surface area contributed by atoms with Gasteiger partial charge in [0.25, 0.3) is 5.92 Å². The summed E-state index contributed by atoms with van der Waals surface area (Å²) in [7, 11) is 1.59. The van der Waals surface area contributed by atoms with Gasteiger partial charge in [0, 0.05) is 12.8 Å². The molecule has 0 radical (unpaired) electrons. The highest BCUT2D eigenvalue weighted by Crippen LogP contribution is 2.41. The summed E-state index contributed by atoms with van der Waals surface area (Å²) in [5.74, 6) is -3.40. The zero-order chi connectivity index (χ0) is 19.4. The second-order valence-electron chi connectivity index (χ2n) is 6.92. The van der Waals surface area contributed by atoms with Crippen LogP contribution in [-0.2, 0) is 6.42 Å². The molecule has 0 amide bonds. The van der Waals surface area contributed by atoms with Crippen molar-refractivity contribution in [3.8, 4) is 11.5 Å². The zero-order valence-corrected chi connectivity index (χ0v) is 15.1. The first-order valence-corrected chi connectivity index (χ1v) is 8.98. The van der Waals surface area contributed by atoms with E-state index >= 15 is 0 Å². The van der Waals surface area contributed by atoms with Crippen LogP contribution >= 0.6 is 0 Å². The molecule has 0 spiro atoms. The first-order chi connectivity index (χ1) is 12.9. The van der Waals surface area contributed by atoms with Crippen molar-refractivity contribution in [3.63, 3.8) is 0 Å². The van der Waals surface area contributed by atoms with Crippen LogP contribution in [0.15, 0.2) is 48.5 Å². The van der Waals surface area contributed by atoms with Crippen LogP contribution in [0.3, 0.4) is 0 Å². The SMILES string of the molecule is COc1ccc(Cc2ccccc2OC2C[C@@H](O)CC(CO)C2(F)F)cc1. The number of hydrogen-bond acceptors (Lipinski definition) is 4. The van der Waals surface area contributed by atoms with E-state index in [1.807, 2.05) is 36.4 Å². The molecule has 2 aromatic rings. The van der Waals surface area contributed by atoms with E-state index in [9.17, 15) is 19.0 Å². The molecule has 1 aliphatic carbocycles. The maximum atomic E-state index is 14.6. The van der Waals surface area contributed by atoms with Crippen molar-refractivity contribution in [2.45, 2.75) is 37.4 Å². The number of para-hydroxylation sites is 1. The van der Waals surface area contributed by atoms with Crippen molar-refractivity contribution in [2.24, 2.45) is 5.92 Å². The van der Waals surface area contributed by atoms with Gasteiger partial charge in [0.15, 0.2) is 6.10 Å². The smallest absolute Gasteiger partial charge is 0.289 e. The fourth-order valence-electron chi connectivity index (χ4n) is 3.45. The molecule has 2 aromatic carbocycles. The Bertz CT molecular complexity index is 748. The summed E-state index contributed by atoms with van der Waals surface area (Å²) >= 11 is 0. The minimum atomic E-state index is -3.21. The maximum absolute atomic E-state index is 14.6. The highest BCUT2D eigenvalue weighted by Gasteiger charge is 2.53. The van der Waals surface area contributed by atoms with Crippen LogP contribution in [-0.4, -0.2) is 42.1 Å². The molecule has 0 saturated heterocycles. The second-order valence-corrected chi connectivity index (χ2v) is 6.92. The molecule has 2 unspecified atom stereocenters. The Kier molecular flexibility index (Phi) is 5.97. The van der Waals surface area contributed by atoms with Crippen LogP contribution in [0.5, 0.6) is 11.5 Å². The molecule has 3 atom stereocenters. The molecule has 4 nitrogen and oxygen atoms in total. The van der Waals surface area contributed by atoms with E-state index in [1.165, 1.54) is 0 Å². The summed E-state index contributed by atoms with van der Waals surface area (Å²) in [6, 6.07) is 14.6. The average Bonchev–Trinajstić information content (AvgIpc) is 2.66. The monoisotopic (exact) mass is 378 g/mol. The van der Waals surface area contributed by atoms with Crippen molar-refractivity contribution in [1.82, 2.24) is 0 Å². The van der Waals surface area contributed by atoms with Gasteiger partial charge in [-0.15, -0.1) is 0 Å². The van der Waals surface area contributed by atoms with Crippen molar-refractivity contribution in [1.29, 1.82) is 0 Å². The third-order valence-corrected chi connectivity index (χ3v) is 5.03. The van der Waals surface area contributed by atoms with Gasteiger partial charge in [-0.1, -0.05) is 30.3 Å². The van der Waals surface area contributed by atoms with Gasteiger partial charge in [-0.25, -0.2) is 8.78 Å². The number of aliphatic hydroxyl groups excluding tert-OH is 2. The lowest BCUT2D eigenvalue weighted by molar-refractivity contribution is -0.187. The summed E-state index contributed by atoms with van der Waals surface area (Å²) in [5, 5.41) is 19.2. The fourth-order valence-corrected chi connectivity index (χ4v) is 3.45. The molecular formula is C21H24F2O4. The van der Waals surface area contributed by atoms with Gasteiger partial charge in [-0.2, -0.15) is 0 Å². The topological polar surface area (TPSA) is 58.9 Å². The van der Waals surface area contributed by atoms with Gasteiger partial charge in [0.2, 0.25) is 0 Å². The van der Waals surface area contributed by atoms with E-state index < -0.39 is 30.7 Å². The maximum Gasteiger partial charge on any atom is 0.289 e. The number of rotatable bonds is 6. The van der Waals surface area contributed by atoms with E-state index in [1.54, 1.807) is 19.2 Å². The summed E-state index contributed by atoms with van der Waals surface area (Å²) in [4.78, 5) is 0. The standard InChI is InChI=1S/C21H24F2O4/c1-26-18-8-6-14(7-9-18)10-15-4-2-3-5-19(15)27-20-12-17(25)11-16(13-24)21(20,22)23/h2-9,16-17,20,24-25H,10-13H2,1H3/t16?,17-,20?/m0/s1. The Hall–Kier alpha value is -2.18. The molecular weight excluding hydrogens is 354 g/mol. The van der Waals surface area contributed by atoms with E-state index in [2.05, 4.69) is 0 Å². The van der Waals surface area contributed by atoms with Gasteiger partial charge in [-0.05, 0) is 35.7 Å². The predicted molar refractivity (Wildman–Crippen MR) is 97.4 cm³/mol. The molecule has 0 aliphatic heterocycles. The molecule has 6 heteroatoms. The second kappa shape index (κ2) is 8.23. The summed E-state index contributed by atoms with van der Waals surface area (Å²) < 4.78 is 40.1. The normalized spacial score (nSPS) is 24.4. The van der Waals surface area contributed by atoms with Gasteiger partial charge < -0.3 is 19.7 Å².